The first-order valence-corrected chi connectivity index (χ1v) is 11.6. The summed E-state index contributed by atoms with van der Waals surface area (Å²) in [5.41, 5.74) is 3.05. The number of hydrogen-bond acceptors (Lipinski definition) is 5. The number of para-hydroxylation sites is 1. The molecule has 1 aromatic heterocycles. The van der Waals surface area contributed by atoms with E-state index in [1.54, 1.807) is 56.6 Å². The molecule has 0 aliphatic carbocycles. The van der Waals surface area contributed by atoms with Crippen LogP contribution < -0.4 is 10.6 Å². The molecule has 2 amide bonds. The number of aromatic nitrogens is 2. The summed E-state index contributed by atoms with van der Waals surface area (Å²) in [7, 11) is 1.71. The second kappa shape index (κ2) is 11.6. The van der Waals surface area contributed by atoms with Crippen LogP contribution in [-0.2, 0) is 16.6 Å². The van der Waals surface area contributed by atoms with E-state index in [2.05, 4.69) is 27.6 Å². The number of aromatic carboxylic acids is 1. The number of carboxylic acid groups (broad SMARTS) is 1. The molecule has 4 aromatic rings. The molecule has 38 heavy (non-hydrogen) atoms. The zero-order chi connectivity index (χ0) is 27.1. The van der Waals surface area contributed by atoms with E-state index in [0.29, 0.717) is 16.9 Å². The molecule has 4 rings (SSSR count). The number of amides is 2. The monoisotopic (exact) mass is 508 g/mol. The van der Waals surface area contributed by atoms with E-state index in [0.717, 1.165) is 11.1 Å². The van der Waals surface area contributed by atoms with Gasteiger partial charge in [0.25, 0.3) is 0 Å². The van der Waals surface area contributed by atoms with Crippen LogP contribution in [0, 0.1) is 11.8 Å². The molecule has 0 unspecified atom stereocenters. The smallest absolute Gasteiger partial charge is 0.413 e. The van der Waals surface area contributed by atoms with Gasteiger partial charge in [-0.25, -0.2) is 9.59 Å². The molecule has 1 heterocycles. The van der Waals surface area contributed by atoms with Gasteiger partial charge in [-0.3, -0.25) is 14.8 Å². The van der Waals surface area contributed by atoms with E-state index in [1.807, 2.05) is 30.3 Å². The summed E-state index contributed by atoms with van der Waals surface area (Å²) < 4.78 is 7.05. The van der Waals surface area contributed by atoms with Crippen molar-refractivity contribution in [2.24, 2.45) is 7.05 Å². The molecule has 0 bridgehead atoms. The van der Waals surface area contributed by atoms with Crippen molar-refractivity contribution < 1.29 is 24.2 Å². The van der Waals surface area contributed by atoms with Gasteiger partial charge < -0.3 is 15.2 Å². The van der Waals surface area contributed by atoms with Crippen LogP contribution in [0.1, 0.15) is 34.5 Å². The third kappa shape index (κ3) is 6.25. The lowest BCUT2D eigenvalue weighted by molar-refractivity contribution is -0.111. The number of anilines is 2. The number of rotatable bonds is 6. The van der Waals surface area contributed by atoms with E-state index in [9.17, 15) is 19.5 Å². The van der Waals surface area contributed by atoms with Gasteiger partial charge in [0.05, 0.1) is 17.4 Å². The normalized spacial score (nSPS) is 11.0. The summed E-state index contributed by atoms with van der Waals surface area (Å²) in [6, 6.07) is 22.6. The highest BCUT2D eigenvalue weighted by Crippen LogP contribution is 2.28. The molecule has 0 fully saturated rings. The fraction of sp³-hybridized carbons (Fsp3) is 0.103. The highest BCUT2D eigenvalue weighted by molar-refractivity contribution is 6.07. The van der Waals surface area contributed by atoms with E-state index < -0.39 is 24.1 Å². The summed E-state index contributed by atoms with van der Waals surface area (Å²) in [6.07, 6.45) is 0.592. The predicted molar refractivity (Wildman–Crippen MR) is 143 cm³/mol. The Morgan fingerprint density at radius 3 is 2.34 bits per heavy atom. The molecule has 0 aliphatic rings. The molecule has 0 saturated heterocycles. The largest absolute Gasteiger partial charge is 0.478 e. The van der Waals surface area contributed by atoms with Gasteiger partial charge in [0, 0.05) is 24.1 Å². The van der Waals surface area contributed by atoms with Crippen LogP contribution in [0.3, 0.4) is 0 Å². The number of hydrogen-bond donors (Lipinski definition) is 3. The first-order valence-electron chi connectivity index (χ1n) is 11.6. The van der Waals surface area contributed by atoms with E-state index in [-0.39, 0.29) is 11.3 Å². The second-order valence-corrected chi connectivity index (χ2v) is 8.25. The maximum Gasteiger partial charge on any atom is 0.413 e. The number of carboxylic acids is 1. The van der Waals surface area contributed by atoms with Crippen LogP contribution in [0.15, 0.2) is 85.1 Å². The van der Waals surface area contributed by atoms with Crippen molar-refractivity contribution in [1.29, 1.82) is 0 Å². The van der Waals surface area contributed by atoms with Crippen molar-refractivity contribution >= 4 is 29.5 Å². The minimum Gasteiger partial charge on any atom is -0.478 e. The molecule has 0 aliphatic heterocycles. The lowest BCUT2D eigenvalue weighted by Crippen LogP contribution is -2.18. The van der Waals surface area contributed by atoms with E-state index in [1.165, 1.54) is 16.8 Å². The first kappa shape index (κ1) is 25.7. The lowest BCUT2D eigenvalue weighted by atomic mass is 10.1. The van der Waals surface area contributed by atoms with Crippen molar-refractivity contribution in [2.75, 3.05) is 10.6 Å². The Morgan fingerprint density at radius 2 is 1.63 bits per heavy atom. The molecule has 0 radical (unpaired) electrons. The van der Waals surface area contributed by atoms with Gasteiger partial charge in [0.2, 0.25) is 0 Å². The molecular weight excluding hydrogens is 484 g/mol. The molecule has 3 N–H and O–H groups in total. The Hall–Kier alpha value is -5.36. The Kier molecular flexibility index (Phi) is 7.84. The van der Waals surface area contributed by atoms with Crippen LogP contribution in [0.2, 0.25) is 0 Å². The minimum atomic E-state index is -1.15. The highest BCUT2D eigenvalue weighted by atomic mass is 16.6. The quantitative estimate of drug-likeness (QED) is 0.312. The van der Waals surface area contributed by atoms with Gasteiger partial charge in [0.1, 0.15) is 11.9 Å². The lowest BCUT2D eigenvalue weighted by Gasteiger charge is -2.15. The number of nitrogens with zero attached hydrogens (tertiary/aromatic N) is 2. The van der Waals surface area contributed by atoms with Gasteiger partial charge in [-0.05, 0) is 42.3 Å². The molecule has 9 nitrogen and oxygen atoms in total. The van der Waals surface area contributed by atoms with Crippen LogP contribution in [0.5, 0.6) is 0 Å². The van der Waals surface area contributed by atoms with Crippen LogP contribution in [0.25, 0.3) is 11.1 Å². The number of carbonyl (C=O) groups is 3. The molecule has 9 heteroatoms. The number of benzene rings is 3. The minimum absolute atomic E-state index is 0.0220. The highest BCUT2D eigenvalue weighted by Gasteiger charge is 2.17. The Bertz CT molecular complexity index is 1530. The molecule has 1 atom stereocenters. The van der Waals surface area contributed by atoms with Crippen molar-refractivity contribution in [1.82, 2.24) is 9.78 Å². The number of ether oxygens (including phenoxy) is 1. The first-order chi connectivity index (χ1) is 18.3. The topological polar surface area (TPSA) is 123 Å². The fourth-order valence-corrected chi connectivity index (χ4v) is 3.67. The van der Waals surface area contributed by atoms with Gasteiger partial charge in [-0.1, -0.05) is 60.5 Å². The standard InChI is InChI=1S/C29H24N4O5/c1-19(21-8-4-3-5-9-21)38-29(37)32-27-24(18-30-33(27)2)22-15-12-20(13-16-22)14-17-26(34)31-25-11-7-6-10-23(25)28(35)36/h3-13,15-16,18-19H,1-2H3,(H,31,34)(H,32,37)(H,35,36)/t19-/m1/s1. The number of carbonyl (C=O) groups excluding carboxylic acids is 2. The Labute approximate surface area is 219 Å². The van der Waals surface area contributed by atoms with E-state index >= 15 is 0 Å². The Balaban J connectivity index is 1.43. The zero-order valence-corrected chi connectivity index (χ0v) is 20.6. The summed E-state index contributed by atoms with van der Waals surface area (Å²) in [5.74, 6) is 3.91. The maximum atomic E-state index is 12.6. The van der Waals surface area contributed by atoms with Gasteiger partial charge in [0.15, 0.2) is 0 Å². The summed E-state index contributed by atoms with van der Waals surface area (Å²) >= 11 is 0. The maximum absolute atomic E-state index is 12.6. The molecular formula is C29H24N4O5. The molecule has 0 spiro atoms. The number of aryl methyl sites for hydroxylation is 1. The third-order valence-electron chi connectivity index (χ3n) is 5.63. The fourth-order valence-electron chi connectivity index (χ4n) is 3.67. The SMILES string of the molecule is C[C@@H](OC(=O)Nc1c(-c2ccc(C#CC(=O)Nc3ccccc3C(=O)O)cc2)cnn1C)c1ccccc1. The summed E-state index contributed by atoms with van der Waals surface area (Å²) in [6.45, 7) is 1.80. The van der Waals surface area contributed by atoms with Crippen molar-refractivity contribution in [3.05, 3.63) is 102 Å². The summed E-state index contributed by atoms with van der Waals surface area (Å²) in [5, 5.41) is 18.7. The molecule has 0 saturated carbocycles. The molecule has 190 valence electrons. The average molecular weight is 509 g/mol. The second-order valence-electron chi connectivity index (χ2n) is 8.25. The Morgan fingerprint density at radius 1 is 0.947 bits per heavy atom. The average Bonchev–Trinajstić information content (AvgIpc) is 3.28. The number of nitrogens with one attached hydrogen (secondary N) is 2. The van der Waals surface area contributed by atoms with Gasteiger partial charge in [-0.15, -0.1) is 0 Å². The van der Waals surface area contributed by atoms with Gasteiger partial charge in [-0.2, -0.15) is 5.10 Å². The zero-order valence-electron chi connectivity index (χ0n) is 20.6. The van der Waals surface area contributed by atoms with Crippen molar-refractivity contribution in [2.45, 2.75) is 13.0 Å². The predicted octanol–water partition coefficient (Wildman–Crippen LogP) is 5.09. The summed E-state index contributed by atoms with van der Waals surface area (Å²) in [4.78, 5) is 36.1. The van der Waals surface area contributed by atoms with Crippen molar-refractivity contribution in [3.8, 4) is 23.0 Å². The third-order valence-corrected chi connectivity index (χ3v) is 5.63. The van der Waals surface area contributed by atoms with Crippen LogP contribution >= 0.6 is 0 Å². The van der Waals surface area contributed by atoms with Crippen molar-refractivity contribution in [3.63, 3.8) is 0 Å². The molecule has 3 aromatic carbocycles. The van der Waals surface area contributed by atoms with Crippen LogP contribution in [0.4, 0.5) is 16.3 Å². The van der Waals surface area contributed by atoms with E-state index in [4.69, 9.17) is 4.74 Å². The van der Waals surface area contributed by atoms with Crippen LogP contribution in [-0.4, -0.2) is 32.9 Å². The van der Waals surface area contributed by atoms with Gasteiger partial charge >= 0.3 is 18.0 Å².